The Balaban J connectivity index is 1.59. The van der Waals surface area contributed by atoms with Crippen LogP contribution in [0.5, 0.6) is 0 Å². The summed E-state index contributed by atoms with van der Waals surface area (Å²) in [6.07, 6.45) is -2.71. The van der Waals surface area contributed by atoms with Gasteiger partial charge in [0, 0.05) is 31.1 Å². The third kappa shape index (κ3) is 5.79. The molecule has 11 heteroatoms. The number of benzene rings is 2. The maximum Gasteiger partial charge on any atom is 0.416 e. The number of alkyl halides is 3. The Morgan fingerprint density at radius 2 is 1.74 bits per heavy atom. The molecule has 168 valence electrons. The number of halogens is 3. The second kappa shape index (κ2) is 9.60. The van der Waals surface area contributed by atoms with Crippen molar-refractivity contribution in [1.29, 1.82) is 0 Å². The average molecular weight is 474 g/mol. The number of carbonyl (C=O) groups is 1. The summed E-state index contributed by atoms with van der Waals surface area (Å²) in [6, 6.07) is 11.2. The van der Waals surface area contributed by atoms with Crippen LogP contribution in [0.3, 0.4) is 0 Å². The van der Waals surface area contributed by atoms with Crippen LogP contribution >= 0.6 is 11.8 Å². The molecular formula is C20H22F3N3O3S2. The van der Waals surface area contributed by atoms with E-state index in [1.54, 1.807) is 0 Å². The van der Waals surface area contributed by atoms with Gasteiger partial charge in [-0.05, 0) is 36.6 Å². The topological polar surface area (TPSA) is 69.7 Å². The summed E-state index contributed by atoms with van der Waals surface area (Å²) >= 11 is 1.51. The van der Waals surface area contributed by atoms with E-state index in [2.05, 4.69) is 5.32 Å². The van der Waals surface area contributed by atoms with Crippen molar-refractivity contribution in [1.82, 2.24) is 9.21 Å². The number of piperazine rings is 1. The summed E-state index contributed by atoms with van der Waals surface area (Å²) in [7, 11) is -4.05. The van der Waals surface area contributed by atoms with E-state index in [0.717, 1.165) is 27.4 Å². The number of hydrogen-bond donors (Lipinski definition) is 1. The van der Waals surface area contributed by atoms with Gasteiger partial charge >= 0.3 is 6.18 Å². The van der Waals surface area contributed by atoms with Gasteiger partial charge in [0.1, 0.15) is 0 Å². The van der Waals surface area contributed by atoms with Crippen LogP contribution in [-0.2, 0) is 21.0 Å². The normalized spacial score (nSPS) is 16.3. The Hall–Kier alpha value is -2.08. The van der Waals surface area contributed by atoms with Crippen LogP contribution in [0.4, 0.5) is 18.9 Å². The van der Waals surface area contributed by atoms with Crippen molar-refractivity contribution in [2.24, 2.45) is 0 Å². The molecule has 1 aliphatic rings. The van der Waals surface area contributed by atoms with Crippen molar-refractivity contribution in [3.63, 3.8) is 0 Å². The number of nitrogens with one attached hydrogen (secondary N) is 1. The molecule has 0 aliphatic carbocycles. The number of thioether (sulfide) groups is 1. The first-order valence-corrected chi connectivity index (χ1v) is 12.1. The highest BCUT2D eigenvalue weighted by Crippen LogP contribution is 2.31. The van der Waals surface area contributed by atoms with Crippen molar-refractivity contribution in [2.75, 3.05) is 44.3 Å². The number of nitrogens with zero attached hydrogens (tertiary/aromatic N) is 2. The van der Waals surface area contributed by atoms with E-state index < -0.39 is 21.8 Å². The quantitative estimate of drug-likeness (QED) is 0.652. The molecule has 0 bridgehead atoms. The molecule has 0 aromatic heterocycles. The Labute approximate surface area is 183 Å². The molecule has 1 saturated heterocycles. The third-order valence-corrected chi connectivity index (χ3v) is 7.57. The fraction of sp³-hybridized carbons (Fsp3) is 0.350. The summed E-state index contributed by atoms with van der Waals surface area (Å²) < 4.78 is 65.4. The molecule has 0 radical (unpaired) electrons. The highest BCUT2D eigenvalue weighted by molar-refractivity contribution is 7.98. The largest absolute Gasteiger partial charge is 0.416 e. The van der Waals surface area contributed by atoms with Crippen LogP contribution < -0.4 is 5.32 Å². The molecule has 0 atom stereocenters. The predicted octanol–water partition coefficient (Wildman–Crippen LogP) is 3.37. The first kappa shape index (κ1) is 23.6. The predicted molar refractivity (Wildman–Crippen MR) is 113 cm³/mol. The van der Waals surface area contributed by atoms with Crippen LogP contribution in [0.2, 0.25) is 0 Å². The number of amides is 1. The number of hydrogen-bond acceptors (Lipinski definition) is 5. The maximum absolute atomic E-state index is 12.9. The van der Waals surface area contributed by atoms with Gasteiger partial charge in [0.25, 0.3) is 0 Å². The van der Waals surface area contributed by atoms with Gasteiger partial charge in [-0.15, -0.1) is 11.8 Å². The summed E-state index contributed by atoms with van der Waals surface area (Å²) in [5.41, 5.74) is -0.292. The highest BCUT2D eigenvalue weighted by Gasteiger charge is 2.34. The lowest BCUT2D eigenvalue weighted by Gasteiger charge is -2.33. The van der Waals surface area contributed by atoms with E-state index in [1.165, 1.54) is 11.8 Å². The van der Waals surface area contributed by atoms with Gasteiger partial charge in [-0.2, -0.15) is 17.5 Å². The number of carbonyl (C=O) groups excluding carboxylic acids is 1. The molecular weight excluding hydrogens is 451 g/mol. The van der Waals surface area contributed by atoms with Gasteiger partial charge in [-0.1, -0.05) is 18.2 Å². The molecule has 31 heavy (non-hydrogen) atoms. The standard InChI is InChI=1S/C20H22F3N3O3S2/c1-30-18-8-3-2-7-17(18)24-19(27)14-25-9-11-26(12-10-25)31(28,29)16-6-4-5-15(13-16)20(21,22)23/h2-8,13H,9-12,14H2,1H3,(H,24,27). The Morgan fingerprint density at radius 3 is 2.39 bits per heavy atom. The van der Waals surface area contributed by atoms with Crippen LogP contribution in [0.15, 0.2) is 58.3 Å². The molecule has 0 unspecified atom stereocenters. The molecule has 2 aromatic rings. The van der Waals surface area contributed by atoms with E-state index in [1.807, 2.05) is 35.4 Å². The first-order valence-electron chi connectivity index (χ1n) is 9.44. The maximum atomic E-state index is 12.9. The van der Waals surface area contributed by atoms with Crippen molar-refractivity contribution in [3.05, 3.63) is 54.1 Å². The van der Waals surface area contributed by atoms with E-state index in [0.29, 0.717) is 24.8 Å². The minimum Gasteiger partial charge on any atom is -0.324 e. The molecule has 1 heterocycles. The molecule has 6 nitrogen and oxygen atoms in total. The minimum absolute atomic E-state index is 0.0905. The van der Waals surface area contributed by atoms with E-state index in [4.69, 9.17) is 0 Å². The van der Waals surface area contributed by atoms with Crippen LogP contribution in [0.25, 0.3) is 0 Å². The van der Waals surface area contributed by atoms with E-state index >= 15 is 0 Å². The Bertz CT molecular complexity index is 1040. The second-order valence-corrected chi connectivity index (χ2v) is 9.74. The van der Waals surface area contributed by atoms with Crippen molar-refractivity contribution < 1.29 is 26.4 Å². The summed E-state index contributed by atoms with van der Waals surface area (Å²) in [4.78, 5) is 14.7. The van der Waals surface area contributed by atoms with Crippen molar-refractivity contribution in [2.45, 2.75) is 16.0 Å². The van der Waals surface area contributed by atoms with E-state index in [9.17, 15) is 26.4 Å². The fourth-order valence-corrected chi connectivity index (χ4v) is 5.27. The smallest absolute Gasteiger partial charge is 0.324 e. The lowest BCUT2D eigenvalue weighted by atomic mass is 10.2. The lowest BCUT2D eigenvalue weighted by molar-refractivity contribution is -0.137. The van der Waals surface area contributed by atoms with E-state index in [-0.39, 0.29) is 30.4 Å². The van der Waals surface area contributed by atoms with Gasteiger partial charge in [0.05, 0.1) is 22.7 Å². The fourth-order valence-electron chi connectivity index (χ4n) is 3.25. The monoisotopic (exact) mass is 473 g/mol. The highest BCUT2D eigenvalue weighted by atomic mass is 32.2. The van der Waals surface area contributed by atoms with Gasteiger partial charge in [0.2, 0.25) is 15.9 Å². The molecule has 1 amide bonds. The summed E-state index contributed by atoms with van der Waals surface area (Å²) in [5, 5.41) is 2.86. The van der Waals surface area contributed by atoms with Crippen molar-refractivity contribution in [3.8, 4) is 0 Å². The zero-order chi connectivity index (χ0) is 22.6. The molecule has 1 N–H and O–H groups in total. The van der Waals surface area contributed by atoms with Gasteiger partial charge in [0.15, 0.2) is 0 Å². The zero-order valence-electron chi connectivity index (χ0n) is 16.7. The molecule has 0 spiro atoms. The van der Waals surface area contributed by atoms with Crippen molar-refractivity contribution >= 4 is 33.4 Å². The summed E-state index contributed by atoms with van der Waals surface area (Å²) in [6.45, 7) is 0.881. The van der Waals surface area contributed by atoms with Crippen LogP contribution in [-0.4, -0.2) is 62.5 Å². The number of sulfonamides is 1. The number of para-hydroxylation sites is 1. The zero-order valence-corrected chi connectivity index (χ0v) is 18.4. The Kier molecular flexibility index (Phi) is 7.30. The van der Waals surface area contributed by atoms with Gasteiger partial charge in [-0.3, -0.25) is 9.69 Å². The lowest BCUT2D eigenvalue weighted by Crippen LogP contribution is -2.50. The SMILES string of the molecule is CSc1ccccc1NC(=O)CN1CCN(S(=O)(=O)c2cccc(C(F)(F)F)c2)CC1. The van der Waals surface area contributed by atoms with Crippen LogP contribution in [0, 0.1) is 0 Å². The molecule has 3 rings (SSSR count). The number of rotatable bonds is 6. The molecule has 0 saturated carbocycles. The summed E-state index contributed by atoms with van der Waals surface area (Å²) in [5.74, 6) is -0.212. The van der Waals surface area contributed by atoms with Gasteiger partial charge in [-0.25, -0.2) is 8.42 Å². The molecule has 1 aliphatic heterocycles. The van der Waals surface area contributed by atoms with Crippen LogP contribution in [0.1, 0.15) is 5.56 Å². The molecule has 2 aromatic carbocycles. The number of anilines is 1. The average Bonchev–Trinajstić information content (AvgIpc) is 2.74. The second-order valence-electron chi connectivity index (χ2n) is 6.95. The first-order chi connectivity index (χ1) is 14.6. The Morgan fingerprint density at radius 1 is 1.06 bits per heavy atom. The molecule has 1 fully saturated rings. The minimum atomic E-state index is -4.62. The van der Waals surface area contributed by atoms with Gasteiger partial charge < -0.3 is 5.32 Å². The third-order valence-electron chi connectivity index (χ3n) is 4.88.